The van der Waals surface area contributed by atoms with Crippen molar-refractivity contribution in [3.05, 3.63) is 34.3 Å². The molecule has 0 atom stereocenters. The number of nitrogens with two attached hydrogens (primary N) is 1. The maximum absolute atomic E-state index is 10.8. The fraction of sp³-hybridized carbons (Fsp3) is 0.125. The van der Waals surface area contributed by atoms with E-state index in [0.717, 1.165) is 5.56 Å². The summed E-state index contributed by atoms with van der Waals surface area (Å²) in [7, 11) is 0. The predicted molar refractivity (Wildman–Crippen MR) is 47.9 cm³/mol. The molecule has 5 heteroatoms. The lowest BCUT2D eigenvalue weighted by atomic mass is 10.2. The first-order valence-electron chi connectivity index (χ1n) is 3.85. The third kappa shape index (κ3) is 1.47. The van der Waals surface area contributed by atoms with Crippen molar-refractivity contribution in [2.45, 2.75) is 6.54 Å². The van der Waals surface area contributed by atoms with Crippen LogP contribution in [0.1, 0.15) is 5.56 Å². The number of hydrogen-bond acceptors (Lipinski definition) is 4. The molecule has 68 valence electrons. The highest BCUT2D eigenvalue weighted by molar-refractivity contribution is 5.72. The fourth-order valence-corrected chi connectivity index (χ4v) is 1.23. The molecule has 1 aromatic carbocycles. The second-order valence-corrected chi connectivity index (χ2v) is 2.73. The number of aromatic nitrogens is 1. The van der Waals surface area contributed by atoms with E-state index in [1.807, 2.05) is 12.1 Å². The van der Waals surface area contributed by atoms with Crippen molar-refractivity contribution in [1.82, 2.24) is 10.4 Å². The minimum absolute atomic E-state index is 0.437. The Morgan fingerprint density at radius 1 is 1.54 bits per heavy atom. The van der Waals surface area contributed by atoms with Gasteiger partial charge < -0.3 is 4.42 Å². The summed E-state index contributed by atoms with van der Waals surface area (Å²) >= 11 is 0. The Kier molecular flexibility index (Phi) is 1.88. The molecule has 0 spiro atoms. The molecule has 0 aliphatic carbocycles. The monoisotopic (exact) mass is 179 g/mol. The SMILES string of the molecule is NNCc1ccc2oc(=O)[nH]c2c1. The van der Waals surface area contributed by atoms with E-state index in [1.54, 1.807) is 6.07 Å². The molecule has 0 aliphatic heterocycles. The zero-order valence-electron chi connectivity index (χ0n) is 6.83. The summed E-state index contributed by atoms with van der Waals surface area (Å²) in [6, 6.07) is 5.40. The van der Waals surface area contributed by atoms with E-state index in [4.69, 9.17) is 10.3 Å². The zero-order chi connectivity index (χ0) is 9.26. The Morgan fingerprint density at radius 3 is 3.15 bits per heavy atom. The van der Waals surface area contributed by atoms with Gasteiger partial charge in [-0.2, -0.15) is 0 Å². The average molecular weight is 179 g/mol. The molecule has 1 heterocycles. The van der Waals surface area contributed by atoms with Gasteiger partial charge in [-0.05, 0) is 17.7 Å². The molecule has 0 bridgehead atoms. The summed E-state index contributed by atoms with van der Waals surface area (Å²) in [5.41, 5.74) is 4.78. The van der Waals surface area contributed by atoms with Gasteiger partial charge in [-0.1, -0.05) is 6.07 Å². The van der Waals surface area contributed by atoms with Gasteiger partial charge in [0, 0.05) is 6.54 Å². The molecule has 0 saturated carbocycles. The summed E-state index contributed by atoms with van der Waals surface area (Å²) in [6.45, 7) is 0.559. The molecule has 13 heavy (non-hydrogen) atoms. The molecule has 0 aliphatic rings. The summed E-state index contributed by atoms with van der Waals surface area (Å²) in [6.07, 6.45) is 0. The first-order chi connectivity index (χ1) is 6.29. The van der Waals surface area contributed by atoms with Crippen LogP contribution in [0.5, 0.6) is 0 Å². The summed E-state index contributed by atoms with van der Waals surface area (Å²) in [5.74, 6) is 4.73. The van der Waals surface area contributed by atoms with E-state index < -0.39 is 5.76 Å². The van der Waals surface area contributed by atoms with Crippen molar-refractivity contribution in [2.24, 2.45) is 5.84 Å². The van der Waals surface area contributed by atoms with E-state index >= 15 is 0 Å². The number of hydrazine groups is 1. The second kappa shape index (κ2) is 3.04. The van der Waals surface area contributed by atoms with Gasteiger partial charge in [0.2, 0.25) is 0 Å². The quantitative estimate of drug-likeness (QED) is 0.450. The third-order valence-electron chi connectivity index (χ3n) is 1.79. The van der Waals surface area contributed by atoms with Gasteiger partial charge >= 0.3 is 5.76 Å². The maximum Gasteiger partial charge on any atom is 0.417 e. The number of rotatable bonds is 2. The minimum atomic E-state index is -0.437. The lowest BCUT2D eigenvalue weighted by molar-refractivity contribution is 0.555. The van der Waals surface area contributed by atoms with E-state index in [-0.39, 0.29) is 0 Å². The van der Waals surface area contributed by atoms with Crippen LogP contribution in [-0.4, -0.2) is 4.98 Å². The summed E-state index contributed by atoms with van der Waals surface area (Å²) in [5, 5.41) is 0. The predicted octanol–water partition coefficient (Wildman–Crippen LogP) is 0.0844. The van der Waals surface area contributed by atoms with Crippen molar-refractivity contribution < 1.29 is 4.42 Å². The Labute approximate surface area is 73.5 Å². The van der Waals surface area contributed by atoms with E-state index in [9.17, 15) is 4.79 Å². The molecule has 0 unspecified atom stereocenters. The van der Waals surface area contributed by atoms with Crippen molar-refractivity contribution in [1.29, 1.82) is 0 Å². The standard InChI is InChI=1S/C8H9N3O2/c9-10-4-5-1-2-7-6(3-5)11-8(12)13-7/h1-3,10H,4,9H2,(H,11,12). The third-order valence-corrected chi connectivity index (χ3v) is 1.79. The minimum Gasteiger partial charge on any atom is -0.408 e. The molecule has 4 N–H and O–H groups in total. The highest BCUT2D eigenvalue weighted by Gasteiger charge is 2.00. The van der Waals surface area contributed by atoms with E-state index in [0.29, 0.717) is 17.6 Å². The molecule has 0 saturated heterocycles. The van der Waals surface area contributed by atoms with Crippen LogP contribution in [0.4, 0.5) is 0 Å². The molecule has 1 aromatic heterocycles. The number of fused-ring (bicyclic) bond motifs is 1. The van der Waals surface area contributed by atoms with Crippen molar-refractivity contribution >= 4 is 11.1 Å². The summed E-state index contributed by atoms with van der Waals surface area (Å²) in [4.78, 5) is 13.4. The van der Waals surface area contributed by atoms with Gasteiger partial charge in [0.1, 0.15) is 0 Å². The molecule has 0 radical (unpaired) electrons. The largest absolute Gasteiger partial charge is 0.417 e. The first kappa shape index (κ1) is 8.03. The van der Waals surface area contributed by atoms with E-state index in [2.05, 4.69) is 10.4 Å². The van der Waals surface area contributed by atoms with Gasteiger partial charge in [0.15, 0.2) is 5.58 Å². The molecular formula is C8H9N3O2. The van der Waals surface area contributed by atoms with Gasteiger partial charge in [-0.25, -0.2) is 4.79 Å². The number of nitrogens with one attached hydrogen (secondary N) is 2. The van der Waals surface area contributed by atoms with Crippen molar-refractivity contribution in [2.75, 3.05) is 0 Å². The Balaban J connectivity index is 2.54. The Bertz CT molecular complexity index is 471. The second-order valence-electron chi connectivity index (χ2n) is 2.73. The molecule has 5 nitrogen and oxygen atoms in total. The zero-order valence-corrected chi connectivity index (χ0v) is 6.83. The van der Waals surface area contributed by atoms with E-state index in [1.165, 1.54) is 0 Å². The Hall–Kier alpha value is -1.59. The van der Waals surface area contributed by atoms with Crippen LogP contribution in [0.3, 0.4) is 0 Å². The number of aromatic amines is 1. The normalized spacial score (nSPS) is 10.8. The van der Waals surface area contributed by atoms with Gasteiger partial charge in [-0.15, -0.1) is 0 Å². The number of benzene rings is 1. The molecule has 0 fully saturated rings. The van der Waals surface area contributed by atoms with Crippen LogP contribution in [0.15, 0.2) is 27.4 Å². The molecule has 2 aromatic rings. The average Bonchev–Trinajstić information content (AvgIpc) is 2.44. The van der Waals surface area contributed by atoms with Gasteiger partial charge in [0.25, 0.3) is 0 Å². The molecule has 2 rings (SSSR count). The topological polar surface area (TPSA) is 84.0 Å². The highest BCUT2D eigenvalue weighted by atomic mass is 16.4. The maximum atomic E-state index is 10.8. The van der Waals surface area contributed by atoms with Crippen LogP contribution in [0.25, 0.3) is 11.1 Å². The van der Waals surface area contributed by atoms with Gasteiger partial charge in [-0.3, -0.25) is 16.3 Å². The van der Waals surface area contributed by atoms with Crippen LogP contribution < -0.4 is 17.0 Å². The lowest BCUT2D eigenvalue weighted by Gasteiger charge is -1.97. The highest BCUT2D eigenvalue weighted by Crippen LogP contribution is 2.11. The number of hydrogen-bond donors (Lipinski definition) is 3. The number of oxazole rings is 1. The molecular weight excluding hydrogens is 170 g/mol. The fourth-order valence-electron chi connectivity index (χ4n) is 1.23. The lowest BCUT2D eigenvalue weighted by Crippen LogP contribution is -2.20. The Morgan fingerprint density at radius 2 is 2.38 bits per heavy atom. The van der Waals surface area contributed by atoms with Crippen LogP contribution in [0, 0.1) is 0 Å². The summed E-state index contributed by atoms with van der Waals surface area (Å²) < 4.78 is 4.84. The first-order valence-corrected chi connectivity index (χ1v) is 3.85. The molecule has 0 amide bonds. The van der Waals surface area contributed by atoms with Crippen LogP contribution in [0.2, 0.25) is 0 Å². The van der Waals surface area contributed by atoms with Crippen LogP contribution in [-0.2, 0) is 6.54 Å². The van der Waals surface area contributed by atoms with Crippen molar-refractivity contribution in [3.8, 4) is 0 Å². The van der Waals surface area contributed by atoms with Crippen molar-refractivity contribution in [3.63, 3.8) is 0 Å². The smallest absolute Gasteiger partial charge is 0.408 e. The number of H-pyrrole nitrogens is 1. The van der Waals surface area contributed by atoms with Crippen LogP contribution >= 0.6 is 0 Å². The van der Waals surface area contributed by atoms with Gasteiger partial charge in [0.05, 0.1) is 5.52 Å².